The molecule has 362 valence electrons. The van der Waals surface area contributed by atoms with Crippen molar-refractivity contribution in [1.82, 2.24) is 9.55 Å². The first-order chi connectivity index (χ1) is 31.5. The molecule has 69 heavy (non-hydrogen) atoms. The molecule has 0 aliphatic carbocycles. The minimum Gasteiger partial charge on any atom is -0.457 e. The minimum absolute atomic E-state index is 0. The zero-order valence-corrected chi connectivity index (χ0v) is 36.7. The van der Waals surface area contributed by atoms with Gasteiger partial charge in [-0.15, -0.1) is 0 Å². The average molecular weight is 995 g/mol. The van der Waals surface area contributed by atoms with Crippen molar-refractivity contribution in [3.8, 4) is 28.7 Å². The van der Waals surface area contributed by atoms with Crippen LogP contribution in [-0.4, -0.2) is 38.9 Å². The van der Waals surface area contributed by atoms with Crippen LogP contribution in [0, 0.1) is 5.82 Å². The Balaban J connectivity index is 0.000000259. The summed E-state index contributed by atoms with van der Waals surface area (Å²) in [4.78, 5) is 4.57. The van der Waals surface area contributed by atoms with Crippen molar-refractivity contribution in [3.63, 3.8) is 0 Å². The van der Waals surface area contributed by atoms with Gasteiger partial charge in [-0.3, -0.25) is 4.57 Å². The number of aromatic nitrogens is 2. The van der Waals surface area contributed by atoms with Gasteiger partial charge in [-0.2, -0.15) is 26.3 Å². The number of ether oxygens (including phenoxy) is 2. The van der Waals surface area contributed by atoms with E-state index in [1.807, 2.05) is 0 Å². The van der Waals surface area contributed by atoms with E-state index in [1.165, 1.54) is 54.6 Å². The van der Waals surface area contributed by atoms with Gasteiger partial charge in [0.05, 0.1) is 43.5 Å². The van der Waals surface area contributed by atoms with Crippen LogP contribution < -0.4 is 20.5 Å². The molecule has 0 aliphatic rings. The number of sulfone groups is 2. The Morgan fingerprint density at radius 1 is 0.594 bits per heavy atom. The van der Waals surface area contributed by atoms with Gasteiger partial charge in [0.15, 0.2) is 19.7 Å². The van der Waals surface area contributed by atoms with Crippen molar-refractivity contribution in [1.29, 1.82) is 0 Å². The first-order valence-electron chi connectivity index (χ1n) is 19.7. The number of halogens is 7. The molecule has 0 aliphatic heterocycles. The number of benzene rings is 7. The molecular formula is C50H45F7N4O6S2. The number of fused-ring (bicyclic) bond motifs is 1. The molecule has 0 radical (unpaired) electrons. The monoisotopic (exact) mass is 994 g/mol. The number of alkyl halides is 6. The fraction of sp³-hybridized carbons (Fsp3) is 0.140. The highest BCUT2D eigenvalue weighted by molar-refractivity contribution is 7.91. The molecule has 0 fully saturated rings. The van der Waals surface area contributed by atoms with Crippen molar-refractivity contribution in [2.75, 3.05) is 23.6 Å². The summed E-state index contributed by atoms with van der Waals surface area (Å²) in [6, 6.07) is 38.3. The van der Waals surface area contributed by atoms with Crippen LogP contribution in [-0.2, 0) is 38.4 Å². The summed E-state index contributed by atoms with van der Waals surface area (Å²) >= 11 is 0. The Labute approximate surface area is 394 Å². The van der Waals surface area contributed by atoms with Crippen LogP contribution in [0.4, 0.5) is 47.8 Å². The number of nitrogens with zero attached hydrogens (tertiary/aromatic N) is 2. The molecule has 0 saturated heterocycles. The second kappa shape index (κ2) is 20.9. The van der Waals surface area contributed by atoms with Crippen LogP contribution in [0.3, 0.4) is 0 Å². The lowest BCUT2D eigenvalue weighted by molar-refractivity contribution is -0.137. The highest BCUT2D eigenvalue weighted by Crippen LogP contribution is 2.39. The van der Waals surface area contributed by atoms with Crippen LogP contribution >= 0.6 is 0 Å². The second-order valence-corrected chi connectivity index (χ2v) is 19.0. The number of para-hydroxylation sites is 2. The summed E-state index contributed by atoms with van der Waals surface area (Å²) in [6.07, 6.45) is -6.84. The number of nitrogens with one attached hydrogen (secondary N) is 1. The summed E-state index contributed by atoms with van der Waals surface area (Å²) in [5, 5.41) is 2.85. The van der Waals surface area contributed by atoms with Crippen molar-refractivity contribution >= 4 is 47.8 Å². The summed E-state index contributed by atoms with van der Waals surface area (Å²) in [5.74, 6) is 1.20. The quantitative estimate of drug-likeness (QED) is 0.0956. The lowest BCUT2D eigenvalue weighted by Gasteiger charge is -2.15. The molecule has 19 heteroatoms. The number of imidazole rings is 1. The molecular weight excluding hydrogens is 950 g/mol. The number of nitrogen functional groups attached to an aromatic ring is 1. The number of hydrogen-bond acceptors (Lipinski definition) is 9. The van der Waals surface area contributed by atoms with E-state index in [9.17, 15) is 47.6 Å². The number of hydrogen-bond donors (Lipinski definition) is 2. The molecule has 0 amide bonds. The third kappa shape index (κ3) is 13.0. The van der Waals surface area contributed by atoms with E-state index in [-0.39, 0.29) is 53.5 Å². The SMILES string of the molecule is C.C.CS(=O)(=O)c1cccc(Oc2cccc(-n3c(Cc4ccc(F)cc4)nc4c(C(F)(F)F)cccc43)c2)c1.CS(=O)(=O)c1cccc(Oc2cccc(Nc3cccc(C(F)(F)F)c3N)c2)c1. The van der Waals surface area contributed by atoms with Gasteiger partial charge in [-0.25, -0.2) is 26.2 Å². The molecule has 0 spiro atoms. The number of nitrogens with two attached hydrogens (primary N) is 1. The van der Waals surface area contributed by atoms with E-state index in [0.29, 0.717) is 40.0 Å². The van der Waals surface area contributed by atoms with E-state index in [4.69, 9.17) is 15.2 Å². The van der Waals surface area contributed by atoms with Crippen LogP contribution in [0.2, 0.25) is 0 Å². The molecule has 1 aromatic heterocycles. The lowest BCUT2D eigenvalue weighted by atomic mass is 10.1. The number of anilines is 3. The molecule has 0 unspecified atom stereocenters. The summed E-state index contributed by atoms with van der Waals surface area (Å²) in [5.41, 5.74) is 5.22. The maximum absolute atomic E-state index is 13.8. The third-order valence-corrected chi connectivity index (χ3v) is 12.1. The highest BCUT2D eigenvalue weighted by atomic mass is 32.2. The predicted molar refractivity (Wildman–Crippen MR) is 254 cm³/mol. The van der Waals surface area contributed by atoms with Crippen LogP contribution in [0.1, 0.15) is 37.4 Å². The molecule has 10 nitrogen and oxygen atoms in total. The Hall–Kier alpha value is -7.38. The van der Waals surface area contributed by atoms with E-state index in [0.717, 1.165) is 24.6 Å². The Morgan fingerprint density at radius 2 is 1.07 bits per heavy atom. The lowest BCUT2D eigenvalue weighted by Crippen LogP contribution is -2.10. The maximum atomic E-state index is 13.8. The van der Waals surface area contributed by atoms with Gasteiger partial charge >= 0.3 is 12.4 Å². The van der Waals surface area contributed by atoms with Crippen LogP contribution in [0.15, 0.2) is 168 Å². The van der Waals surface area contributed by atoms with Gasteiger partial charge in [0.1, 0.15) is 40.2 Å². The summed E-state index contributed by atoms with van der Waals surface area (Å²) in [7, 11) is -6.83. The second-order valence-electron chi connectivity index (χ2n) is 15.0. The first kappa shape index (κ1) is 52.6. The molecule has 8 aromatic rings. The highest BCUT2D eigenvalue weighted by Gasteiger charge is 2.35. The fourth-order valence-corrected chi connectivity index (χ4v) is 8.09. The smallest absolute Gasteiger partial charge is 0.418 e. The van der Waals surface area contributed by atoms with Crippen molar-refractivity contribution in [2.45, 2.75) is 43.4 Å². The normalized spacial score (nSPS) is 11.7. The molecule has 8 rings (SSSR count). The third-order valence-electron chi connectivity index (χ3n) is 9.87. The predicted octanol–water partition coefficient (Wildman–Crippen LogP) is 13.5. The van der Waals surface area contributed by atoms with E-state index in [1.54, 1.807) is 95.6 Å². The van der Waals surface area contributed by atoms with Crippen LogP contribution in [0.25, 0.3) is 16.7 Å². The van der Waals surface area contributed by atoms with Crippen LogP contribution in [0.5, 0.6) is 23.0 Å². The largest absolute Gasteiger partial charge is 0.457 e. The molecule has 0 atom stereocenters. The van der Waals surface area contributed by atoms with Gasteiger partial charge in [-0.05, 0) is 103 Å². The maximum Gasteiger partial charge on any atom is 0.418 e. The molecule has 0 saturated carbocycles. The van der Waals surface area contributed by atoms with Gasteiger partial charge in [0, 0.05) is 36.8 Å². The Morgan fingerprint density at radius 3 is 1.62 bits per heavy atom. The molecule has 0 bridgehead atoms. The van der Waals surface area contributed by atoms with Crippen molar-refractivity contribution in [3.05, 3.63) is 186 Å². The van der Waals surface area contributed by atoms with Crippen molar-refractivity contribution in [2.24, 2.45) is 0 Å². The first-order valence-corrected chi connectivity index (χ1v) is 23.5. The zero-order chi connectivity index (χ0) is 48.3. The van der Waals surface area contributed by atoms with Crippen molar-refractivity contribution < 1.29 is 57.0 Å². The Bertz CT molecular complexity index is 3320. The standard InChI is InChI=1S/C28H20F4N2O3S.C20H17F3N2O3S.2CH4/c1-38(35,36)23-8-3-7-22(17-23)37-21-6-2-5-20(16-21)34-25-10-4-9-24(28(30,31)32)27(25)33-26(34)15-18-11-13-19(29)14-12-18;1-29(26,27)16-8-3-7-15(12-16)28-14-6-2-5-13(11-14)25-18-10-4-9-17(19(18)24)20(21,22)23;;/h2-14,16-17H,15H2,1H3;2-12,25H,24H2,1H3;2*1H4. The van der Waals surface area contributed by atoms with Gasteiger partial charge in [0.25, 0.3) is 0 Å². The van der Waals surface area contributed by atoms with Gasteiger partial charge < -0.3 is 20.5 Å². The van der Waals surface area contributed by atoms with E-state index < -0.39 is 54.7 Å². The number of rotatable bonds is 11. The average Bonchev–Trinajstić information content (AvgIpc) is 3.62. The van der Waals surface area contributed by atoms with Gasteiger partial charge in [0.2, 0.25) is 0 Å². The van der Waals surface area contributed by atoms with Gasteiger partial charge in [-0.1, -0.05) is 63.4 Å². The molecule has 3 N–H and O–H groups in total. The molecule has 7 aromatic carbocycles. The Kier molecular flexibility index (Phi) is 15.9. The zero-order valence-electron chi connectivity index (χ0n) is 35.1. The van der Waals surface area contributed by atoms with E-state index >= 15 is 0 Å². The summed E-state index contributed by atoms with van der Waals surface area (Å²) in [6.45, 7) is 0. The summed E-state index contributed by atoms with van der Waals surface area (Å²) < 4.78 is 154. The molecule has 1 heterocycles. The minimum atomic E-state index is -4.61. The fourth-order valence-electron chi connectivity index (χ4n) is 6.78. The topological polar surface area (TPSA) is 143 Å². The van der Waals surface area contributed by atoms with E-state index in [2.05, 4.69) is 10.3 Å².